The lowest BCUT2D eigenvalue weighted by atomic mass is 10.2. The first-order chi connectivity index (χ1) is 7.61. The van der Waals surface area contributed by atoms with E-state index in [2.05, 4.69) is 5.10 Å². The number of benzene rings is 1. The molecule has 0 bridgehead atoms. The van der Waals surface area contributed by atoms with E-state index in [1.165, 1.54) is 19.2 Å². The minimum atomic E-state index is -0.522. The number of carbonyl (C=O) groups is 1. The van der Waals surface area contributed by atoms with E-state index in [-0.39, 0.29) is 18.0 Å². The smallest absolute Gasteiger partial charge is 0.253 e. The summed E-state index contributed by atoms with van der Waals surface area (Å²) < 4.78 is 18.5. The molecule has 0 saturated heterocycles. The number of rotatable bonds is 2. The number of ether oxygens (including phenoxy) is 1. The first-order valence-electron chi connectivity index (χ1n) is 4.82. The number of carbonyl (C=O) groups excluding carboxylic acids is 1. The molecule has 0 atom stereocenters. The van der Waals surface area contributed by atoms with Crippen LogP contribution in [0.2, 0.25) is 0 Å². The van der Waals surface area contributed by atoms with Gasteiger partial charge in [-0.2, -0.15) is 10.1 Å². The first-order valence-corrected chi connectivity index (χ1v) is 4.82. The van der Waals surface area contributed by atoms with Crippen molar-refractivity contribution < 1.29 is 13.9 Å². The molecule has 0 aromatic heterocycles. The molecule has 0 unspecified atom stereocenters. The van der Waals surface area contributed by atoms with Gasteiger partial charge in [0.1, 0.15) is 11.4 Å². The van der Waals surface area contributed by atoms with Crippen LogP contribution in [0.25, 0.3) is 0 Å². The zero-order valence-corrected chi connectivity index (χ0v) is 9.03. The molecule has 1 amide bonds. The summed E-state index contributed by atoms with van der Waals surface area (Å²) in [5.41, 5.74) is 0.836. The van der Waals surface area contributed by atoms with Gasteiger partial charge < -0.3 is 4.74 Å². The Morgan fingerprint density at radius 2 is 2.25 bits per heavy atom. The largest absolute Gasteiger partial charge is 0.497 e. The molecule has 1 aromatic carbocycles. The lowest BCUT2D eigenvalue weighted by molar-refractivity contribution is -0.116. The van der Waals surface area contributed by atoms with Crippen LogP contribution in [0.4, 0.5) is 10.1 Å². The fourth-order valence-electron chi connectivity index (χ4n) is 1.53. The highest BCUT2D eigenvalue weighted by atomic mass is 19.1. The van der Waals surface area contributed by atoms with E-state index in [1.807, 2.05) is 0 Å². The van der Waals surface area contributed by atoms with Crippen LogP contribution in [0.3, 0.4) is 0 Å². The normalized spacial score (nSPS) is 15.3. The first kappa shape index (κ1) is 10.6. The molecule has 0 fully saturated rings. The molecule has 1 aromatic rings. The fourth-order valence-corrected chi connectivity index (χ4v) is 1.53. The van der Waals surface area contributed by atoms with Gasteiger partial charge in [-0.15, -0.1) is 0 Å². The third-order valence-electron chi connectivity index (χ3n) is 2.30. The van der Waals surface area contributed by atoms with Crippen LogP contribution in [0.1, 0.15) is 13.3 Å². The highest BCUT2D eigenvalue weighted by molar-refractivity contribution is 6.12. The van der Waals surface area contributed by atoms with Gasteiger partial charge in [0.25, 0.3) is 5.91 Å². The Morgan fingerprint density at radius 3 is 2.75 bits per heavy atom. The van der Waals surface area contributed by atoms with Crippen LogP contribution in [-0.2, 0) is 4.79 Å². The van der Waals surface area contributed by atoms with Crippen LogP contribution < -0.4 is 9.75 Å². The van der Waals surface area contributed by atoms with Gasteiger partial charge in [-0.3, -0.25) is 4.79 Å². The number of methoxy groups -OCH3 is 1. The van der Waals surface area contributed by atoms with Gasteiger partial charge in [0.15, 0.2) is 5.82 Å². The Kier molecular flexibility index (Phi) is 2.60. The summed E-state index contributed by atoms with van der Waals surface area (Å²) in [6.07, 6.45) is 0.242. The molecule has 1 heterocycles. The van der Waals surface area contributed by atoms with E-state index in [0.29, 0.717) is 11.5 Å². The number of amides is 1. The zero-order valence-electron chi connectivity index (χ0n) is 9.03. The molecule has 2 rings (SSSR count). The predicted octanol–water partition coefficient (Wildman–Crippen LogP) is 1.95. The van der Waals surface area contributed by atoms with Crippen molar-refractivity contribution in [3.05, 3.63) is 24.0 Å². The van der Waals surface area contributed by atoms with Gasteiger partial charge >= 0.3 is 0 Å². The van der Waals surface area contributed by atoms with Gasteiger partial charge in [-0.05, 0) is 19.1 Å². The summed E-state index contributed by atoms with van der Waals surface area (Å²) >= 11 is 0. The highest BCUT2D eigenvalue weighted by Gasteiger charge is 2.25. The van der Waals surface area contributed by atoms with Crippen LogP contribution in [0.15, 0.2) is 23.3 Å². The van der Waals surface area contributed by atoms with E-state index in [4.69, 9.17) is 4.74 Å². The number of hydrazone groups is 1. The third-order valence-corrected chi connectivity index (χ3v) is 2.30. The number of anilines is 1. The maximum atomic E-state index is 13.6. The maximum absolute atomic E-state index is 13.6. The minimum absolute atomic E-state index is 0.155. The molecule has 84 valence electrons. The molecule has 16 heavy (non-hydrogen) atoms. The predicted molar refractivity (Wildman–Crippen MR) is 58.2 cm³/mol. The van der Waals surface area contributed by atoms with Crippen molar-refractivity contribution in [1.29, 1.82) is 0 Å². The summed E-state index contributed by atoms with van der Waals surface area (Å²) in [5, 5.41) is 5.06. The Morgan fingerprint density at radius 1 is 1.50 bits per heavy atom. The van der Waals surface area contributed by atoms with Gasteiger partial charge in [0.2, 0.25) is 0 Å². The van der Waals surface area contributed by atoms with Crippen LogP contribution in [0, 0.1) is 5.82 Å². The number of halogens is 1. The molecule has 1 aliphatic rings. The average molecular weight is 222 g/mol. The molecular formula is C11H11FN2O2. The molecule has 0 radical (unpaired) electrons. The standard InChI is InChI=1S/C11H11FN2O2/c1-7-5-11(15)14(13-7)10-4-3-8(16-2)6-9(10)12/h3-4,6H,5H2,1-2H3. The summed E-state index contributed by atoms with van der Waals surface area (Å²) in [6, 6.07) is 4.30. The number of nitrogens with zero attached hydrogens (tertiary/aromatic N) is 2. The van der Waals surface area contributed by atoms with Crippen LogP contribution in [0.5, 0.6) is 5.75 Å². The van der Waals surface area contributed by atoms with Crippen LogP contribution >= 0.6 is 0 Å². The molecule has 4 nitrogen and oxygen atoms in total. The Labute approximate surface area is 92.3 Å². The molecule has 5 heteroatoms. The average Bonchev–Trinajstić information content (AvgIpc) is 2.57. The Hall–Kier alpha value is -1.91. The van der Waals surface area contributed by atoms with Crippen molar-refractivity contribution in [2.24, 2.45) is 5.10 Å². The highest BCUT2D eigenvalue weighted by Crippen LogP contribution is 2.26. The van der Waals surface area contributed by atoms with Crippen molar-refractivity contribution in [3.63, 3.8) is 0 Å². The van der Waals surface area contributed by atoms with Crippen molar-refractivity contribution in [2.45, 2.75) is 13.3 Å². The summed E-state index contributed by atoms with van der Waals surface area (Å²) in [7, 11) is 1.46. The number of hydrogen-bond acceptors (Lipinski definition) is 3. The van der Waals surface area contributed by atoms with E-state index in [1.54, 1.807) is 13.0 Å². The quantitative estimate of drug-likeness (QED) is 0.767. The summed E-state index contributed by atoms with van der Waals surface area (Å²) in [4.78, 5) is 11.5. The molecule has 0 N–H and O–H groups in total. The fraction of sp³-hybridized carbons (Fsp3) is 0.273. The van der Waals surface area contributed by atoms with Crippen LogP contribution in [-0.4, -0.2) is 18.7 Å². The summed E-state index contributed by atoms with van der Waals surface area (Å²) in [6.45, 7) is 1.74. The topological polar surface area (TPSA) is 41.9 Å². The molecular weight excluding hydrogens is 211 g/mol. The van der Waals surface area contributed by atoms with E-state index < -0.39 is 5.82 Å². The molecule has 0 saturated carbocycles. The second-order valence-corrected chi connectivity index (χ2v) is 3.53. The van der Waals surface area contributed by atoms with Gasteiger partial charge in [-0.1, -0.05) is 0 Å². The summed E-state index contributed by atoms with van der Waals surface area (Å²) in [5.74, 6) is -0.332. The third kappa shape index (κ3) is 1.76. The second-order valence-electron chi connectivity index (χ2n) is 3.53. The maximum Gasteiger partial charge on any atom is 0.253 e. The van der Waals surface area contributed by atoms with Crippen molar-refractivity contribution in [1.82, 2.24) is 0 Å². The van der Waals surface area contributed by atoms with Gasteiger partial charge in [0.05, 0.1) is 13.5 Å². The molecule has 0 spiro atoms. The SMILES string of the molecule is COc1ccc(N2N=C(C)CC2=O)c(F)c1. The Bertz CT molecular complexity index is 471. The van der Waals surface area contributed by atoms with E-state index >= 15 is 0 Å². The van der Waals surface area contributed by atoms with Gasteiger partial charge in [0, 0.05) is 11.8 Å². The minimum Gasteiger partial charge on any atom is -0.497 e. The van der Waals surface area contributed by atoms with Crippen molar-refractivity contribution in [3.8, 4) is 5.75 Å². The van der Waals surface area contributed by atoms with Crippen molar-refractivity contribution >= 4 is 17.3 Å². The van der Waals surface area contributed by atoms with E-state index in [0.717, 1.165) is 5.01 Å². The lowest BCUT2D eigenvalue weighted by Gasteiger charge is -2.13. The zero-order chi connectivity index (χ0) is 11.7. The van der Waals surface area contributed by atoms with Gasteiger partial charge in [-0.25, -0.2) is 4.39 Å². The Balaban J connectivity index is 2.38. The number of hydrogen-bond donors (Lipinski definition) is 0. The lowest BCUT2D eigenvalue weighted by Crippen LogP contribution is -2.20. The monoisotopic (exact) mass is 222 g/mol. The second kappa shape index (κ2) is 3.92. The van der Waals surface area contributed by atoms with Crippen molar-refractivity contribution in [2.75, 3.05) is 12.1 Å². The van der Waals surface area contributed by atoms with E-state index in [9.17, 15) is 9.18 Å². The molecule has 0 aliphatic carbocycles. The molecule has 1 aliphatic heterocycles.